The van der Waals surface area contributed by atoms with Gasteiger partial charge in [-0.15, -0.1) is 0 Å². The third-order valence-electron chi connectivity index (χ3n) is 8.31. The molecule has 2 aliphatic rings. The van der Waals surface area contributed by atoms with Gasteiger partial charge in [0.1, 0.15) is 17.1 Å². The van der Waals surface area contributed by atoms with E-state index in [4.69, 9.17) is 19.7 Å². The largest absolute Gasteiger partial charge is 0.436 e. The van der Waals surface area contributed by atoms with E-state index in [-0.39, 0.29) is 18.0 Å². The predicted octanol–water partition coefficient (Wildman–Crippen LogP) is 3.67. The summed E-state index contributed by atoms with van der Waals surface area (Å²) in [6, 6.07) is 6.50. The molecule has 0 bridgehead atoms. The number of pyridine rings is 1. The highest BCUT2D eigenvalue weighted by atomic mass is 16.5. The Morgan fingerprint density at radius 3 is 2.59 bits per heavy atom. The highest BCUT2D eigenvalue weighted by Gasteiger charge is 2.35. The predicted molar refractivity (Wildman–Crippen MR) is 161 cm³/mol. The van der Waals surface area contributed by atoms with Crippen LogP contribution in [-0.4, -0.2) is 99.3 Å². The molecule has 41 heavy (non-hydrogen) atoms. The number of fused-ring (bicyclic) bond motifs is 2. The molecule has 0 radical (unpaired) electrons. The minimum absolute atomic E-state index is 0.00714. The number of nitrogens with zero attached hydrogens (tertiary/aromatic N) is 8. The lowest BCUT2D eigenvalue weighted by atomic mass is 10.1. The standard InChI is InChI=1S/C30H37N9O2/c1-8-25(40)38-13-20(5)39(14-19(38)4)28-22-11-18(3)32-29(41-27-17(2)9-10-24-23(27)12-31-35-24)26(22)33-30(34-28)37-15-21(16-37)36(6)7/h8-12,19-21H,1,13-16H2,2-7H3,(H,31,35)/t19-,20+/m1/s1. The molecule has 3 aromatic heterocycles. The van der Waals surface area contributed by atoms with Gasteiger partial charge in [0, 0.05) is 50.0 Å². The molecular formula is C30H37N9O2. The lowest BCUT2D eigenvalue weighted by molar-refractivity contribution is -0.128. The molecule has 5 heterocycles. The number of carbonyl (C=O) groups is 1. The summed E-state index contributed by atoms with van der Waals surface area (Å²) in [6.07, 6.45) is 3.17. The van der Waals surface area contributed by atoms with Gasteiger partial charge in [-0.2, -0.15) is 10.1 Å². The first-order chi connectivity index (χ1) is 19.6. The zero-order valence-corrected chi connectivity index (χ0v) is 24.5. The normalized spacial score (nSPS) is 19.7. The van der Waals surface area contributed by atoms with Crippen LogP contribution in [0.5, 0.6) is 11.6 Å². The van der Waals surface area contributed by atoms with Crippen LogP contribution in [0.15, 0.2) is 37.1 Å². The minimum atomic E-state index is -0.0490. The number of hydrogen-bond acceptors (Lipinski definition) is 9. The lowest BCUT2D eigenvalue weighted by Crippen LogP contribution is -2.59. The molecular weight excluding hydrogens is 518 g/mol. The topological polar surface area (TPSA) is 107 Å². The van der Waals surface area contributed by atoms with Crippen molar-refractivity contribution in [3.05, 3.63) is 48.3 Å². The van der Waals surface area contributed by atoms with Gasteiger partial charge >= 0.3 is 0 Å². The Hall–Kier alpha value is -4.25. The number of aryl methyl sites for hydroxylation is 2. The van der Waals surface area contributed by atoms with Crippen molar-refractivity contribution in [2.45, 2.75) is 45.8 Å². The molecule has 2 saturated heterocycles. The van der Waals surface area contributed by atoms with E-state index in [0.717, 1.165) is 46.5 Å². The Bertz CT molecular complexity index is 1640. The van der Waals surface area contributed by atoms with Gasteiger partial charge in [0.25, 0.3) is 0 Å². The molecule has 0 aliphatic carbocycles. The van der Waals surface area contributed by atoms with Gasteiger partial charge in [0.15, 0.2) is 0 Å². The van der Waals surface area contributed by atoms with Crippen LogP contribution in [0.1, 0.15) is 25.1 Å². The van der Waals surface area contributed by atoms with Crippen molar-refractivity contribution in [1.29, 1.82) is 0 Å². The zero-order valence-electron chi connectivity index (χ0n) is 24.5. The second-order valence-electron chi connectivity index (χ2n) is 11.5. The van der Waals surface area contributed by atoms with Crippen LogP contribution in [0.25, 0.3) is 21.8 Å². The fourth-order valence-corrected chi connectivity index (χ4v) is 5.75. The third kappa shape index (κ3) is 4.73. The Morgan fingerprint density at radius 2 is 1.85 bits per heavy atom. The summed E-state index contributed by atoms with van der Waals surface area (Å²) in [5.41, 5.74) is 3.34. The smallest absolute Gasteiger partial charge is 0.246 e. The van der Waals surface area contributed by atoms with Gasteiger partial charge in [-0.3, -0.25) is 9.89 Å². The maximum Gasteiger partial charge on any atom is 0.246 e. The number of amides is 1. The van der Waals surface area contributed by atoms with Crippen molar-refractivity contribution < 1.29 is 9.53 Å². The Balaban J connectivity index is 1.49. The summed E-state index contributed by atoms with van der Waals surface area (Å²) >= 11 is 0. The number of piperazine rings is 1. The maximum absolute atomic E-state index is 12.5. The van der Waals surface area contributed by atoms with Crippen LogP contribution in [0.3, 0.4) is 0 Å². The molecule has 1 amide bonds. The van der Waals surface area contributed by atoms with E-state index in [1.54, 1.807) is 6.20 Å². The fraction of sp³-hybridized carbons (Fsp3) is 0.433. The van der Waals surface area contributed by atoms with Gasteiger partial charge in [0.05, 0.1) is 22.5 Å². The fourth-order valence-electron chi connectivity index (χ4n) is 5.75. The lowest BCUT2D eigenvalue weighted by Gasteiger charge is -2.45. The SMILES string of the molecule is C=CC(=O)N1C[C@H](C)N(c2nc(N3CC(N(C)C)C3)nc3c(Oc4c(C)ccc5[nH]ncc45)nc(C)cc23)C[C@H]1C. The van der Waals surface area contributed by atoms with E-state index in [9.17, 15) is 4.79 Å². The average Bonchev–Trinajstić information content (AvgIpc) is 3.39. The van der Waals surface area contributed by atoms with Crippen molar-refractivity contribution in [3.63, 3.8) is 0 Å². The summed E-state index contributed by atoms with van der Waals surface area (Å²) in [5, 5.41) is 9.00. The minimum Gasteiger partial charge on any atom is -0.436 e. The molecule has 2 aliphatic heterocycles. The molecule has 1 aromatic carbocycles. The molecule has 11 heteroatoms. The maximum atomic E-state index is 12.5. The number of carbonyl (C=O) groups excluding carboxylic acids is 1. The van der Waals surface area contributed by atoms with Crippen LogP contribution < -0.4 is 14.5 Å². The highest BCUT2D eigenvalue weighted by Crippen LogP contribution is 2.39. The number of likely N-dealkylation sites (N-methyl/N-ethyl adjacent to an activating group) is 1. The number of benzene rings is 1. The first-order valence-electron chi connectivity index (χ1n) is 14.1. The van der Waals surface area contributed by atoms with Gasteiger partial charge in [0.2, 0.25) is 17.7 Å². The molecule has 6 rings (SSSR count). The third-order valence-corrected chi connectivity index (χ3v) is 8.31. The van der Waals surface area contributed by atoms with E-state index in [2.05, 4.69) is 59.4 Å². The number of aromatic nitrogens is 5. The van der Waals surface area contributed by atoms with Crippen molar-refractivity contribution in [2.75, 3.05) is 50.1 Å². The van der Waals surface area contributed by atoms with E-state index in [0.29, 0.717) is 42.2 Å². The molecule has 11 nitrogen and oxygen atoms in total. The molecule has 0 saturated carbocycles. The molecule has 4 aromatic rings. The molecule has 0 unspecified atom stereocenters. The first-order valence-corrected chi connectivity index (χ1v) is 14.1. The Morgan fingerprint density at radius 1 is 1.07 bits per heavy atom. The van der Waals surface area contributed by atoms with Gasteiger partial charge in [-0.1, -0.05) is 12.6 Å². The van der Waals surface area contributed by atoms with Crippen molar-refractivity contribution in [1.82, 2.24) is 34.9 Å². The van der Waals surface area contributed by atoms with E-state index in [1.807, 2.05) is 36.9 Å². The van der Waals surface area contributed by atoms with Crippen LogP contribution >= 0.6 is 0 Å². The molecule has 2 atom stereocenters. The molecule has 0 spiro atoms. The number of H-pyrrole nitrogens is 1. The van der Waals surface area contributed by atoms with Crippen molar-refractivity contribution >= 4 is 39.5 Å². The average molecular weight is 556 g/mol. The summed E-state index contributed by atoms with van der Waals surface area (Å²) in [7, 11) is 4.19. The molecule has 214 valence electrons. The number of aromatic amines is 1. The van der Waals surface area contributed by atoms with Gasteiger partial charge in [-0.25, -0.2) is 9.97 Å². The molecule has 2 fully saturated rings. The van der Waals surface area contributed by atoms with Crippen LogP contribution in [0.4, 0.5) is 11.8 Å². The van der Waals surface area contributed by atoms with Crippen molar-refractivity contribution in [2.24, 2.45) is 0 Å². The summed E-state index contributed by atoms with van der Waals surface area (Å²) in [6.45, 7) is 14.8. The first kappa shape index (κ1) is 26.9. The number of hydrogen-bond donors (Lipinski definition) is 1. The Labute approximate surface area is 239 Å². The second-order valence-corrected chi connectivity index (χ2v) is 11.5. The molecule has 1 N–H and O–H groups in total. The summed E-state index contributed by atoms with van der Waals surface area (Å²) < 4.78 is 6.60. The van der Waals surface area contributed by atoms with Gasteiger partial charge < -0.3 is 24.3 Å². The van der Waals surface area contributed by atoms with E-state index < -0.39 is 0 Å². The quantitative estimate of drug-likeness (QED) is 0.357. The number of rotatable bonds is 6. The number of nitrogens with one attached hydrogen (secondary N) is 1. The number of anilines is 2. The van der Waals surface area contributed by atoms with Crippen LogP contribution in [0.2, 0.25) is 0 Å². The zero-order chi connectivity index (χ0) is 29.0. The number of ether oxygens (including phenoxy) is 1. The van der Waals surface area contributed by atoms with Crippen molar-refractivity contribution in [3.8, 4) is 11.6 Å². The van der Waals surface area contributed by atoms with Gasteiger partial charge in [-0.05, 0) is 65.6 Å². The van der Waals surface area contributed by atoms with Crippen LogP contribution in [0, 0.1) is 13.8 Å². The second kappa shape index (κ2) is 10.3. The van der Waals surface area contributed by atoms with E-state index in [1.165, 1.54) is 6.08 Å². The monoisotopic (exact) mass is 555 g/mol. The summed E-state index contributed by atoms with van der Waals surface area (Å²) in [5.74, 6) is 2.58. The summed E-state index contributed by atoms with van der Waals surface area (Å²) in [4.78, 5) is 36.2. The Kier molecular flexibility index (Phi) is 6.77. The van der Waals surface area contributed by atoms with E-state index >= 15 is 0 Å². The van der Waals surface area contributed by atoms with Crippen LogP contribution in [-0.2, 0) is 4.79 Å². The highest BCUT2D eigenvalue weighted by molar-refractivity contribution is 5.95.